The molecule has 0 amide bonds. The van der Waals surface area contributed by atoms with Crippen molar-refractivity contribution in [3.05, 3.63) is 59.7 Å². The van der Waals surface area contributed by atoms with E-state index < -0.39 is 10.0 Å². The van der Waals surface area contributed by atoms with Crippen LogP contribution in [-0.4, -0.2) is 15.5 Å². The maximum atomic E-state index is 12.5. The van der Waals surface area contributed by atoms with Crippen molar-refractivity contribution in [3.8, 4) is 5.75 Å². The third-order valence-corrected chi connectivity index (χ3v) is 5.36. The third-order valence-electron chi connectivity index (χ3n) is 3.96. The molecule has 0 radical (unpaired) electrons. The minimum atomic E-state index is -3.55. The summed E-state index contributed by atoms with van der Waals surface area (Å²) in [6.45, 7) is 4.40. The Balaban J connectivity index is 2.25. The minimum absolute atomic E-state index is 0.231. The van der Waals surface area contributed by atoms with Crippen LogP contribution in [0.2, 0.25) is 0 Å². The standard InChI is InChI=1S/C18H23NO3S/c1-4-14(2)17-12-16(10-11-18(17)22-3)23(20,21)19-13-15-8-6-5-7-9-15/h5-12,14,19H,4,13H2,1-3H3/t14-/m0/s1. The monoisotopic (exact) mass is 333 g/mol. The summed E-state index contributed by atoms with van der Waals surface area (Å²) >= 11 is 0. The van der Waals surface area contributed by atoms with Crippen molar-refractivity contribution < 1.29 is 13.2 Å². The molecule has 0 spiro atoms. The first kappa shape index (κ1) is 17.5. The average Bonchev–Trinajstić information content (AvgIpc) is 2.59. The molecule has 23 heavy (non-hydrogen) atoms. The summed E-state index contributed by atoms with van der Waals surface area (Å²) in [6.07, 6.45) is 0.914. The van der Waals surface area contributed by atoms with Crippen LogP contribution in [0.25, 0.3) is 0 Å². The molecule has 2 aromatic rings. The van der Waals surface area contributed by atoms with E-state index in [1.165, 1.54) is 0 Å². The third kappa shape index (κ3) is 4.33. The molecule has 0 unspecified atom stereocenters. The van der Waals surface area contributed by atoms with E-state index in [2.05, 4.69) is 18.6 Å². The van der Waals surface area contributed by atoms with Gasteiger partial charge in [0.25, 0.3) is 0 Å². The molecule has 4 nitrogen and oxygen atoms in total. The molecular formula is C18H23NO3S. The van der Waals surface area contributed by atoms with Crippen LogP contribution in [0.3, 0.4) is 0 Å². The second-order valence-corrected chi connectivity index (χ2v) is 7.29. The molecule has 0 bridgehead atoms. The van der Waals surface area contributed by atoms with Crippen LogP contribution in [-0.2, 0) is 16.6 Å². The van der Waals surface area contributed by atoms with Crippen molar-refractivity contribution in [2.24, 2.45) is 0 Å². The fraction of sp³-hybridized carbons (Fsp3) is 0.333. The molecule has 1 atom stereocenters. The van der Waals surface area contributed by atoms with Gasteiger partial charge < -0.3 is 4.74 Å². The quantitative estimate of drug-likeness (QED) is 0.841. The van der Waals surface area contributed by atoms with Gasteiger partial charge in [0.2, 0.25) is 10.0 Å². The normalized spacial score (nSPS) is 12.8. The number of rotatable bonds is 7. The molecule has 2 aromatic carbocycles. The highest BCUT2D eigenvalue weighted by atomic mass is 32.2. The lowest BCUT2D eigenvalue weighted by molar-refractivity contribution is 0.405. The predicted octanol–water partition coefficient (Wildman–Crippen LogP) is 3.69. The van der Waals surface area contributed by atoms with Gasteiger partial charge in [-0.2, -0.15) is 0 Å². The van der Waals surface area contributed by atoms with Gasteiger partial charge >= 0.3 is 0 Å². The lowest BCUT2D eigenvalue weighted by Gasteiger charge is -2.16. The summed E-state index contributed by atoms with van der Waals surface area (Å²) in [7, 11) is -1.95. The largest absolute Gasteiger partial charge is 0.496 e. The zero-order valence-electron chi connectivity index (χ0n) is 13.7. The molecule has 0 aliphatic rings. The highest BCUT2D eigenvalue weighted by Crippen LogP contribution is 2.30. The Morgan fingerprint density at radius 1 is 1.13 bits per heavy atom. The topological polar surface area (TPSA) is 55.4 Å². The predicted molar refractivity (Wildman–Crippen MR) is 92.2 cm³/mol. The van der Waals surface area contributed by atoms with E-state index in [0.29, 0.717) is 0 Å². The fourth-order valence-corrected chi connectivity index (χ4v) is 3.39. The Hall–Kier alpha value is -1.85. The van der Waals surface area contributed by atoms with E-state index in [9.17, 15) is 8.42 Å². The van der Waals surface area contributed by atoms with Crippen LogP contribution in [0, 0.1) is 0 Å². The van der Waals surface area contributed by atoms with Gasteiger partial charge in [-0.3, -0.25) is 0 Å². The number of ether oxygens (including phenoxy) is 1. The Bertz CT molecular complexity index is 742. The van der Waals surface area contributed by atoms with E-state index in [4.69, 9.17) is 4.74 Å². The molecular weight excluding hydrogens is 310 g/mol. The fourth-order valence-electron chi connectivity index (χ4n) is 2.34. The smallest absolute Gasteiger partial charge is 0.240 e. The van der Waals surface area contributed by atoms with Gasteiger partial charge in [-0.05, 0) is 41.7 Å². The van der Waals surface area contributed by atoms with Gasteiger partial charge in [0.05, 0.1) is 12.0 Å². The molecule has 0 saturated carbocycles. The summed E-state index contributed by atoms with van der Waals surface area (Å²) in [5, 5.41) is 0. The summed E-state index contributed by atoms with van der Waals surface area (Å²) < 4.78 is 33.0. The first-order valence-corrected chi connectivity index (χ1v) is 9.17. The van der Waals surface area contributed by atoms with Crippen molar-refractivity contribution in [2.75, 3.05) is 7.11 Å². The van der Waals surface area contributed by atoms with Crippen molar-refractivity contribution in [2.45, 2.75) is 37.6 Å². The number of methoxy groups -OCH3 is 1. The lowest BCUT2D eigenvalue weighted by Crippen LogP contribution is -2.23. The van der Waals surface area contributed by atoms with Gasteiger partial charge in [0.1, 0.15) is 5.75 Å². The van der Waals surface area contributed by atoms with Crippen LogP contribution < -0.4 is 9.46 Å². The van der Waals surface area contributed by atoms with Crippen molar-refractivity contribution in [3.63, 3.8) is 0 Å². The second-order valence-electron chi connectivity index (χ2n) is 5.52. The molecule has 1 N–H and O–H groups in total. The highest BCUT2D eigenvalue weighted by Gasteiger charge is 2.18. The molecule has 0 aromatic heterocycles. The van der Waals surface area contributed by atoms with Crippen LogP contribution >= 0.6 is 0 Å². The number of benzene rings is 2. The van der Waals surface area contributed by atoms with Gasteiger partial charge in [0, 0.05) is 6.54 Å². The number of nitrogens with one attached hydrogen (secondary N) is 1. The molecule has 0 fully saturated rings. The molecule has 0 saturated heterocycles. The van der Waals surface area contributed by atoms with Gasteiger partial charge in [-0.1, -0.05) is 44.2 Å². The molecule has 124 valence electrons. The number of hydrogen-bond donors (Lipinski definition) is 1. The zero-order valence-corrected chi connectivity index (χ0v) is 14.6. The van der Waals surface area contributed by atoms with Crippen LogP contribution in [0.4, 0.5) is 0 Å². The van der Waals surface area contributed by atoms with Gasteiger partial charge in [0.15, 0.2) is 0 Å². The van der Waals surface area contributed by atoms with E-state index >= 15 is 0 Å². The molecule has 0 heterocycles. The van der Waals surface area contributed by atoms with E-state index in [0.717, 1.165) is 23.3 Å². The molecule has 5 heteroatoms. The molecule has 0 aliphatic carbocycles. The first-order valence-electron chi connectivity index (χ1n) is 7.69. The maximum Gasteiger partial charge on any atom is 0.240 e. The van der Waals surface area contributed by atoms with Crippen LogP contribution in [0.1, 0.15) is 37.3 Å². The number of sulfonamides is 1. The number of hydrogen-bond acceptors (Lipinski definition) is 3. The second kappa shape index (κ2) is 7.62. The zero-order chi connectivity index (χ0) is 16.9. The van der Waals surface area contributed by atoms with E-state index in [-0.39, 0.29) is 17.4 Å². The van der Waals surface area contributed by atoms with E-state index in [1.807, 2.05) is 30.3 Å². The Kier molecular flexibility index (Phi) is 5.80. The first-order chi connectivity index (χ1) is 11.0. The summed E-state index contributed by atoms with van der Waals surface area (Å²) in [5.74, 6) is 0.954. The highest BCUT2D eigenvalue weighted by molar-refractivity contribution is 7.89. The van der Waals surface area contributed by atoms with Crippen LogP contribution in [0.5, 0.6) is 5.75 Å². The maximum absolute atomic E-state index is 12.5. The Morgan fingerprint density at radius 2 is 1.83 bits per heavy atom. The Labute approximate surface area is 138 Å². The van der Waals surface area contributed by atoms with Crippen molar-refractivity contribution in [1.82, 2.24) is 4.72 Å². The Morgan fingerprint density at radius 3 is 2.43 bits per heavy atom. The van der Waals surface area contributed by atoms with Gasteiger partial charge in [-0.25, -0.2) is 13.1 Å². The van der Waals surface area contributed by atoms with E-state index in [1.54, 1.807) is 25.3 Å². The molecule has 2 rings (SSSR count). The summed E-state index contributed by atoms with van der Waals surface area (Å²) in [5.41, 5.74) is 1.84. The summed E-state index contributed by atoms with van der Waals surface area (Å²) in [6, 6.07) is 14.5. The average molecular weight is 333 g/mol. The van der Waals surface area contributed by atoms with Crippen molar-refractivity contribution in [1.29, 1.82) is 0 Å². The summed E-state index contributed by atoms with van der Waals surface area (Å²) in [4.78, 5) is 0.268. The lowest BCUT2D eigenvalue weighted by atomic mass is 9.98. The SMILES string of the molecule is CC[C@H](C)c1cc(S(=O)(=O)NCc2ccccc2)ccc1OC. The molecule has 0 aliphatic heterocycles. The van der Waals surface area contributed by atoms with Crippen molar-refractivity contribution >= 4 is 10.0 Å². The van der Waals surface area contributed by atoms with Gasteiger partial charge in [-0.15, -0.1) is 0 Å². The minimum Gasteiger partial charge on any atom is -0.496 e. The van der Waals surface area contributed by atoms with Crippen LogP contribution in [0.15, 0.2) is 53.4 Å².